The molecule has 0 aromatic carbocycles. The fraction of sp³-hybridized carbons (Fsp3) is 0.778. The molecule has 6 heteroatoms. The predicted molar refractivity (Wildman–Crippen MR) is 50.3 cm³/mol. The average molecular weight is 214 g/mol. The van der Waals surface area contributed by atoms with E-state index in [2.05, 4.69) is 0 Å². The van der Waals surface area contributed by atoms with Gasteiger partial charge in [-0.05, 0) is 6.42 Å². The Morgan fingerprint density at radius 2 is 2.13 bits per heavy atom. The van der Waals surface area contributed by atoms with Crippen LogP contribution in [0.25, 0.3) is 0 Å². The molecule has 15 heavy (non-hydrogen) atoms. The van der Waals surface area contributed by atoms with E-state index in [1.807, 2.05) is 0 Å². The first-order valence-corrected chi connectivity index (χ1v) is 5.03. The van der Waals surface area contributed by atoms with Crippen LogP contribution < -0.4 is 0 Å². The molecule has 0 saturated carbocycles. The van der Waals surface area contributed by atoms with Crippen LogP contribution in [-0.4, -0.2) is 63.8 Å². The van der Waals surface area contributed by atoms with Gasteiger partial charge < -0.3 is 20.0 Å². The second kappa shape index (κ2) is 3.69. The zero-order valence-electron chi connectivity index (χ0n) is 8.30. The van der Waals surface area contributed by atoms with Crippen LogP contribution in [0.15, 0.2) is 0 Å². The molecule has 2 aliphatic rings. The topological polar surface area (TPSA) is 81.1 Å². The molecule has 0 radical (unpaired) electrons. The highest BCUT2D eigenvalue weighted by molar-refractivity contribution is 5.78. The van der Waals surface area contributed by atoms with Crippen molar-refractivity contribution in [1.82, 2.24) is 9.80 Å². The van der Waals surface area contributed by atoms with Crippen molar-refractivity contribution in [3.05, 3.63) is 0 Å². The van der Waals surface area contributed by atoms with E-state index >= 15 is 0 Å². The molecule has 2 heterocycles. The summed E-state index contributed by atoms with van der Waals surface area (Å²) in [6.45, 7) is 0.923. The van der Waals surface area contributed by atoms with Crippen LogP contribution >= 0.6 is 0 Å². The van der Waals surface area contributed by atoms with Crippen molar-refractivity contribution in [2.24, 2.45) is 0 Å². The summed E-state index contributed by atoms with van der Waals surface area (Å²) >= 11 is 0. The highest BCUT2D eigenvalue weighted by atomic mass is 16.4. The SMILES string of the molecule is O=C(O)N1CCC(=O)N2CC(O)CC2C1. The van der Waals surface area contributed by atoms with Crippen molar-refractivity contribution >= 4 is 12.0 Å². The van der Waals surface area contributed by atoms with Crippen molar-refractivity contribution in [3.8, 4) is 0 Å². The molecule has 2 unspecified atom stereocenters. The van der Waals surface area contributed by atoms with Gasteiger partial charge in [0.1, 0.15) is 0 Å². The van der Waals surface area contributed by atoms with Gasteiger partial charge >= 0.3 is 6.09 Å². The van der Waals surface area contributed by atoms with Gasteiger partial charge in [-0.3, -0.25) is 4.79 Å². The molecule has 2 fully saturated rings. The molecule has 0 spiro atoms. The van der Waals surface area contributed by atoms with Crippen LogP contribution in [0.1, 0.15) is 12.8 Å². The summed E-state index contributed by atoms with van der Waals surface area (Å²) in [5.74, 6) is -0.0553. The molecule has 2 saturated heterocycles. The molecule has 2 N–H and O–H groups in total. The van der Waals surface area contributed by atoms with Crippen LogP contribution in [0.4, 0.5) is 4.79 Å². The minimum absolute atomic E-state index is 0.0553. The summed E-state index contributed by atoms with van der Waals surface area (Å²) in [6.07, 6.45) is -0.802. The number of aliphatic hydroxyl groups is 1. The van der Waals surface area contributed by atoms with Crippen LogP contribution in [0.3, 0.4) is 0 Å². The van der Waals surface area contributed by atoms with Crippen molar-refractivity contribution < 1.29 is 19.8 Å². The minimum atomic E-state index is -0.994. The monoisotopic (exact) mass is 214 g/mol. The first-order chi connectivity index (χ1) is 7.08. The number of carbonyl (C=O) groups excluding carboxylic acids is 1. The first kappa shape index (κ1) is 10.2. The maximum absolute atomic E-state index is 11.6. The second-order valence-electron chi connectivity index (χ2n) is 4.07. The Hall–Kier alpha value is -1.30. The van der Waals surface area contributed by atoms with Crippen molar-refractivity contribution in [2.75, 3.05) is 19.6 Å². The number of aliphatic hydroxyl groups excluding tert-OH is 1. The number of fused-ring (bicyclic) bond motifs is 1. The smallest absolute Gasteiger partial charge is 0.407 e. The maximum Gasteiger partial charge on any atom is 0.407 e. The van der Waals surface area contributed by atoms with E-state index in [1.54, 1.807) is 4.90 Å². The van der Waals surface area contributed by atoms with Crippen molar-refractivity contribution in [2.45, 2.75) is 25.0 Å². The average Bonchev–Trinajstić information content (AvgIpc) is 2.46. The third-order valence-electron chi connectivity index (χ3n) is 3.01. The van der Waals surface area contributed by atoms with Gasteiger partial charge in [-0.2, -0.15) is 0 Å². The zero-order valence-corrected chi connectivity index (χ0v) is 8.30. The highest BCUT2D eigenvalue weighted by Gasteiger charge is 2.38. The van der Waals surface area contributed by atoms with Crippen LogP contribution in [0, 0.1) is 0 Å². The lowest BCUT2D eigenvalue weighted by molar-refractivity contribution is -0.131. The van der Waals surface area contributed by atoms with E-state index in [1.165, 1.54) is 4.90 Å². The van der Waals surface area contributed by atoms with E-state index in [4.69, 9.17) is 5.11 Å². The number of carboxylic acid groups (broad SMARTS) is 1. The zero-order chi connectivity index (χ0) is 11.0. The Kier molecular flexibility index (Phi) is 2.52. The summed E-state index contributed by atoms with van der Waals surface area (Å²) in [5, 5.41) is 18.3. The Morgan fingerprint density at radius 3 is 2.80 bits per heavy atom. The van der Waals surface area contributed by atoms with Gasteiger partial charge in [-0.25, -0.2) is 4.79 Å². The molecule has 2 rings (SSSR count). The lowest BCUT2D eigenvalue weighted by Gasteiger charge is -2.23. The highest BCUT2D eigenvalue weighted by Crippen LogP contribution is 2.22. The summed E-state index contributed by atoms with van der Waals surface area (Å²) in [7, 11) is 0. The molecular formula is C9H14N2O4. The molecular weight excluding hydrogens is 200 g/mol. The molecule has 2 atom stereocenters. The number of amides is 2. The van der Waals surface area contributed by atoms with Gasteiger partial charge in [-0.1, -0.05) is 0 Å². The second-order valence-corrected chi connectivity index (χ2v) is 4.07. The van der Waals surface area contributed by atoms with Gasteiger partial charge in [0.25, 0.3) is 0 Å². The summed E-state index contributed by atoms with van der Waals surface area (Å²) in [6, 6.07) is -0.147. The van der Waals surface area contributed by atoms with E-state index in [0.29, 0.717) is 19.5 Å². The summed E-state index contributed by atoms with van der Waals surface area (Å²) in [4.78, 5) is 25.3. The molecule has 2 aliphatic heterocycles. The quantitative estimate of drug-likeness (QED) is 0.560. The molecule has 0 aromatic rings. The van der Waals surface area contributed by atoms with Crippen LogP contribution in [0.2, 0.25) is 0 Å². The third-order valence-corrected chi connectivity index (χ3v) is 3.01. The van der Waals surface area contributed by atoms with E-state index in [9.17, 15) is 14.7 Å². The molecule has 84 valence electrons. The normalized spacial score (nSPS) is 31.4. The van der Waals surface area contributed by atoms with Crippen LogP contribution in [-0.2, 0) is 4.79 Å². The molecule has 0 bridgehead atoms. The Morgan fingerprint density at radius 1 is 1.40 bits per heavy atom. The number of carbonyl (C=O) groups is 2. The molecule has 2 amide bonds. The maximum atomic E-state index is 11.6. The lowest BCUT2D eigenvalue weighted by atomic mass is 10.2. The van der Waals surface area contributed by atoms with Gasteiger partial charge in [0, 0.05) is 26.1 Å². The minimum Gasteiger partial charge on any atom is -0.465 e. The number of hydrogen-bond acceptors (Lipinski definition) is 3. The number of hydrogen-bond donors (Lipinski definition) is 2. The van der Waals surface area contributed by atoms with Crippen molar-refractivity contribution in [3.63, 3.8) is 0 Å². The molecule has 6 nitrogen and oxygen atoms in total. The van der Waals surface area contributed by atoms with Gasteiger partial charge in [0.15, 0.2) is 0 Å². The summed E-state index contributed by atoms with van der Waals surface area (Å²) in [5.41, 5.74) is 0. The van der Waals surface area contributed by atoms with E-state index in [-0.39, 0.29) is 24.9 Å². The third kappa shape index (κ3) is 1.90. The van der Waals surface area contributed by atoms with Gasteiger partial charge in [0.05, 0.1) is 12.1 Å². The number of rotatable bonds is 0. The standard InChI is InChI=1S/C9H14N2O4/c12-7-3-6-4-10(9(14)15)2-1-8(13)11(6)5-7/h6-7,12H,1-5H2,(H,14,15). The lowest BCUT2D eigenvalue weighted by Crippen LogP contribution is -2.40. The van der Waals surface area contributed by atoms with Crippen molar-refractivity contribution in [1.29, 1.82) is 0 Å². The molecule has 0 aromatic heterocycles. The Balaban J connectivity index is 2.12. The Labute approximate surface area is 87.1 Å². The number of nitrogens with zero attached hydrogens (tertiary/aromatic N) is 2. The van der Waals surface area contributed by atoms with Gasteiger partial charge in [0.2, 0.25) is 5.91 Å². The largest absolute Gasteiger partial charge is 0.465 e. The Bertz CT molecular complexity index is 294. The summed E-state index contributed by atoms with van der Waals surface area (Å²) < 4.78 is 0. The van der Waals surface area contributed by atoms with E-state index < -0.39 is 12.2 Å². The van der Waals surface area contributed by atoms with Crippen LogP contribution in [0.5, 0.6) is 0 Å². The molecule has 0 aliphatic carbocycles. The van der Waals surface area contributed by atoms with E-state index in [0.717, 1.165) is 0 Å². The first-order valence-electron chi connectivity index (χ1n) is 5.03. The fourth-order valence-corrected chi connectivity index (χ4v) is 2.26. The predicted octanol–water partition coefficient (Wildman–Crippen LogP) is -0.668. The fourth-order valence-electron chi connectivity index (χ4n) is 2.26. The van der Waals surface area contributed by atoms with Gasteiger partial charge in [-0.15, -0.1) is 0 Å².